The third-order valence-electron chi connectivity index (χ3n) is 3.62. The van der Waals surface area contributed by atoms with Gasteiger partial charge in [-0.1, -0.05) is 12.8 Å². The number of hydrogen-bond donors (Lipinski definition) is 3. The third-order valence-corrected chi connectivity index (χ3v) is 3.62. The first-order valence-electron chi connectivity index (χ1n) is 7.18. The van der Waals surface area contributed by atoms with Gasteiger partial charge < -0.3 is 21.1 Å². The molecule has 1 fully saturated rings. The summed E-state index contributed by atoms with van der Waals surface area (Å²) in [6.45, 7) is 1.35. The number of rotatable bonds is 6. The van der Waals surface area contributed by atoms with Gasteiger partial charge in [-0.3, -0.25) is 4.79 Å². The van der Waals surface area contributed by atoms with Gasteiger partial charge in [0.2, 0.25) is 0 Å². The first kappa shape index (κ1) is 14.7. The van der Waals surface area contributed by atoms with E-state index in [2.05, 4.69) is 10.6 Å². The first-order valence-corrected chi connectivity index (χ1v) is 7.18. The van der Waals surface area contributed by atoms with Crippen LogP contribution in [0.1, 0.15) is 36.0 Å². The maximum absolute atomic E-state index is 11.6. The zero-order valence-corrected chi connectivity index (χ0v) is 11.9. The molecule has 1 aliphatic rings. The lowest BCUT2D eigenvalue weighted by molar-refractivity contribution is 0.0659. The molecule has 0 saturated heterocycles. The second-order valence-electron chi connectivity index (χ2n) is 5.09. The highest BCUT2D eigenvalue weighted by molar-refractivity contribution is 5.96. The van der Waals surface area contributed by atoms with Crippen molar-refractivity contribution in [3.63, 3.8) is 0 Å². The molecule has 2 rings (SSSR count). The van der Waals surface area contributed by atoms with E-state index in [-0.39, 0.29) is 5.91 Å². The van der Waals surface area contributed by atoms with Gasteiger partial charge in [0.15, 0.2) is 0 Å². The van der Waals surface area contributed by atoms with Crippen LogP contribution in [0.2, 0.25) is 0 Å². The monoisotopic (exact) mass is 277 g/mol. The zero-order valence-electron chi connectivity index (χ0n) is 11.9. The van der Waals surface area contributed by atoms with Crippen molar-refractivity contribution in [1.29, 1.82) is 0 Å². The van der Waals surface area contributed by atoms with Crippen LogP contribution in [0.25, 0.3) is 0 Å². The van der Waals surface area contributed by atoms with E-state index >= 15 is 0 Å². The second-order valence-corrected chi connectivity index (χ2v) is 5.09. The van der Waals surface area contributed by atoms with E-state index in [9.17, 15) is 4.79 Å². The Morgan fingerprint density at radius 2 is 2.15 bits per heavy atom. The average Bonchev–Trinajstić information content (AvgIpc) is 2.97. The van der Waals surface area contributed by atoms with Gasteiger partial charge in [0, 0.05) is 19.2 Å². The Balaban J connectivity index is 1.83. The Kier molecular flexibility index (Phi) is 5.24. The van der Waals surface area contributed by atoms with Gasteiger partial charge in [-0.15, -0.1) is 0 Å². The summed E-state index contributed by atoms with van der Waals surface area (Å²) in [5, 5.41) is 5.83. The van der Waals surface area contributed by atoms with Crippen LogP contribution >= 0.6 is 0 Å². The molecule has 0 aromatic heterocycles. The molecule has 1 aliphatic carbocycles. The summed E-state index contributed by atoms with van der Waals surface area (Å²) in [6.07, 6.45) is 5.33. The smallest absolute Gasteiger partial charge is 0.251 e. The van der Waals surface area contributed by atoms with Crippen LogP contribution in [0.4, 0.5) is 11.4 Å². The summed E-state index contributed by atoms with van der Waals surface area (Å²) < 4.78 is 5.78. The number of anilines is 2. The number of carbonyl (C=O) groups excluding carboxylic acids is 1. The van der Waals surface area contributed by atoms with Crippen LogP contribution < -0.4 is 16.4 Å². The number of ether oxygens (including phenoxy) is 1. The largest absolute Gasteiger partial charge is 0.397 e. The van der Waals surface area contributed by atoms with Crippen molar-refractivity contribution in [1.82, 2.24) is 5.32 Å². The minimum Gasteiger partial charge on any atom is -0.397 e. The SMILES string of the molecule is CNC(=O)c1ccc(N)c(NCCOC2CCCC2)c1. The van der Waals surface area contributed by atoms with Crippen molar-refractivity contribution >= 4 is 17.3 Å². The summed E-state index contributed by atoms with van der Waals surface area (Å²) in [4.78, 5) is 11.6. The van der Waals surface area contributed by atoms with Crippen LogP contribution in [0.5, 0.6) is 0 Å². The fourth-order valence-electron chi connectivity index (χ4n) is 2.46. The summed E-state index contributed by atoms with van der Waals surface area (Å²) in [5.74, 6) is -0.116. The summed E-state index contributed by atoms with van der Waals surface area (Å²) >= 11 is 0. The Morgan fingerprint density at radius 3 is 2.85 bits per heavy atom. The number of benzene rings is 1. The topological polar surface area (TPSA) is 76.4 Å². The van der Waals surface area contributed by atoms with Crippen molar-refractivity contribution in [2.45, 2.75) is 31.8 Å². The molecule has 5 heteroatoms. The number of hydrogen-bond acceptors (Lipinski definition) is 4. The molecule has 0 radical (unpaired) electrons. The Bertz CT molecular complexity index is 456. The van der Waals surface area contributed by atoms with Crippen LogP contribution in [0.3, 0.4) is 0 Å². The Hall–Kier alpha value is -1.75. The molecule has 20 heavy (non-hydrogen) atoms. The maximum Gasteiger partial charge on any atom is 0.251 e. The van der Waals surface area contributed by atoms with Gasteiger partial charge in [0.25, 0.3) is 5.91 Å². The maximum atomic E-state index is 11.6. The lowest BCUT2D eigenvalue weighted by Gasteiger charge is -2.14. The highest BCUT2D eigenvalue weighted by Crippen LogP contribution is 2.22. The van der Waals surface area contributed by atoms with Crippen molar-refractivity contribution in [3.8, 4) is 0 Å². The standard InChI is InChI=1S/C15H23N3O2/c1-17-15(19)11-6-7-13(16)14(10-11)18-8-9-20-12-4-2-3-5-12/h6-7,10,12,18H,2-5,8-9,16H2,1H3,(H,17,19). The summed E-state index contributed by atoms with van der Waals surface area (Å²) in [7, 11) is 1.61. The normalized spacial score (nSPS) is 15.2. The van der Waals surface area contributed by atoms with Gasteiger partial charge in [-0.2, -0.15) is 0 Å². The predicted octanol–water partition coefficient (Wildman–Crippen LogP) is 2.00. The van der Waals surface area contributed by atoms with Gasteiger partial charge in [-0.25, -0.2) is 0 Å². The average molecular weight is 277 g/mol. The lowest BCUT2D eigenvalue weighted by atomic mass is 10.1. The van der Waals surface area contributed by atoms with E-state index in [1.54, 1.807) is 25.2 Å². The fourth-order valence-corrected chi connectivity index (χ4v) is 2.46. The molecule has 0 spiro atoms. The fraction of sp³-hybridized carbons (Fsp3) is 0.533. The molecule has 1 aromatic rings. The second kappa shape index (κ2) is 7.14. The summed E-state index contributed by atoms with van der Waals surface area (Å²) in [5.41, 5.74) is 7.91. The van der Waals surface area contributed by atoms with Gasteiger partial charge in [0.1, 0.15) is 0 Å². The lowest BCUT2D eigenvalue weighted by Crippen LogP contribution is -2.19. The number of amides is 1. The number of nitrogen functional groups attached to an aromatic ring is 1. The van der Waals surface area contributed by atoms with E-state index in [0.29, 0.717) is 30.5 Å². The molecule has 1 saturated carbocycles. The molecule has 1 aromatic carbocycles. The van der Waals surface area contributed by atoms with E-state index in [1.165, 1.54) is 25.7 Å². The molecule has 0 unspecified atom stereocenters. The van der Waals surface area contributed by atoms with Crippen LogP contribution in [-0.2, 0) is 4.74 Å². The highest BCUT2D eigenvalue weighted by atomic mass is 16.5. The van der Waals surface area contributed by atoms with E-state index in [1.807, 2.05) is 0 Å². The van der Waals surface area contributed by atoms with E-state index in [0.717, 1.165) is 5.69 Å². The van der Waals surface area contributed by atoms with Gasteiger partial charge in [0.05, 0.1) is 24.1 Å². The number of nitrogens with two attached hydrogens (primary N) is 1. The van der Waals surface area contributed by atoms with Crippen LogP contribution in [0, 0.1) is 0 Å². The predicted molar refractivity (Wildman–Crippen MR) is 80.9 cm³/mol. The molecule has 110 valence electrons. The molecular formula is C15H23N3O2. The van der Waals surface area contributed by atoms with E-state index < -0.39 is 0 Å². The summed E-state index contributed by atoms with van der Waals surface area (Å²) in [6, 6.07) is 5.23. The quantitative estimate of drug-likeness (QED) is 0.549. The van der Waals surface area contributed by atoms with E-state index in [4.69, 9.17) is 10.5 Å². The van der Waals surface area contributed by atoms with Crippen molar-refractivity contribution in [3.05, 3.63) is 23.8 Å². The van der Waals surface area contributed by atoms with Gasteiger partial charge >= 0.3 is 0 Å². The molecular weight excluding hydrogens is 254 g/mol. The Labute approximate surface area is 119 Å². The Morgan fingerprint density at radius 1 is 1.40 bits per heavy atom. The van der Waals surface area contributed by atoms with Crippen LogP contribution in [0.15, 0.2) is 18.2 Å². The number of carbonyl (C=O) groups is 1. The minimum absolute atomic E-state index is 0.116. The minimum atomic E-state index is -0.116. The third kappa shape index (κ3) is 3.87. The molecule has 1 amide bonds. The molecule has 4 N–H and O–H groups in total. The molecule has 0 aliphatic heterocycles. The highest BCUT2D eigenvalue weighted by Gasteiger charge is 2.14. The zero-order chi connectivity index (χ0) is 14.4. The van der Waals surface area contributed by atoms with Gasteiger partial charge in [-0.05, 0) is 31.0 Å². The number of nitrogens with one attached hydrogen (secondary N) is 2. The van der Waals surface area contributed by atoms with Crippen LogP contribution in [-0.4, -0.2) is 32.2 Å². The molecule has 0 heterocycles. The van der Waals surface area contributed by atoms with Crippen molar-refractivity contribution in [2.24, 2.45) is 0 Å². The molecule has 0 bridgehead atoms. The van der Waals surface area contributed by atoms with Crippen molar-refractivity contribution in [2.75, 3.05) is 31.2 Å². The first-order chi connectivity index (χ1) is 9.70. The molecule has 0 atom stereocenters. The molecule has 5 nitrogen and oxygen atoms in total. The van der Waals surface area contributed by atoms with Crippen molar-refractivity contribution < 1.29 is 9.53 Å².